The van der Waals surface area contributed by atoms with Crippen molar-refractivity contribution in [3.05, 3.63) is 42.7 Å². The molecular formula is C13H17N3O. The maximum absolute atomic E-state index is 9.11. The van der Waals surface area contributed by atoms with Gasteiger partial charge in [-0.2, -0.15) is 5.10 Å². The molecule has 2 rings (SSSR count). The first-order valence-corrected chi connectivity index (χ1v) is 5.69. The Morgan fingerprint density at radius 1 is 1.29 bits per heavy atom. The van der Waals surface area contributed by atoms with Crippen molar-refractivity contribution in [3.63, 3.8) is 0 Å². The third kappa shape index (κ3) is 2.93. The van der Waals surface area contributed by atoms with E-state index in [1.165, 1.54) is 0 Å². The van der Waals surface area contributed by atoms with Crippen molar-refractivity contribution in [2.45, 2.75) is 12.6 Å². The van der Waals surface area contributed by atoms with E-state index in [1.54, 1.807) is 0 Å². The van der Waals surface area contributed by atoms with Gasteiger partial charge in [0.05, 0.1) is 19.3 Å². The van der Waals surface area contributed by atoms with Gasteiger partial charge in [-0.3, -0.25) is 4.68 Å². The van der Waals surface area contributed by atoms with Crippen LogP contribution in [0.2, 0.25) is 0 Å². The molecular weight excluding hydrogens is 214 g/mol. The number of aliphatic hydroxyl groups is 1. The third-order valence-corrected chi connectivity index (χ3v) is 2.78. The topological polar surface area (TPSA) is 50.1 Å². The first-order chi connectivity index (χ1) is 8.33. The predicted octanol–water partition coefficient (Wildman–Crippen LogP) is 1.13. The van der Waals surface area contributed by atoms with Crippen molar-refractivity contribution in [3.8, 4) is 11.1 Å². The molecule has 0 aliphatic heterocycles. The first kappa shape index (κ1) is 11.8. The van der Waals surface area contributed by atoms with Gasteiger partial charge in [0.2, 0.25) is 0 Å². The van der Waals surface area contributed by atoms with Gasteiger partial charge in [0.1, 0.15) is 0 Å². The third-order valence-electron chi connectivity index (χ3n) is 2.78. The number of benzene rings is 1. The number of hydrogen-bond acceptors (Lipinski definition) is 3. The second-order valence-corrected chi connectivity index (χ2v) is 3.99. The summed E-state index contributed by atoms with van der Waals surface area (Å²) in [6, 6.07) is 10.2. The summed E-state index contributed by atoms with van der Waals surface area (Å²) in [5.41, 5.74) is 2.25. The summed E-state index contributed by atoms with van der Waals surface area (Å²) in [5.74, 6) is 0. The molecule has 0 saturated carbocycles. The first-order valence-electron chi connectivity index (χ1n) is 5.69. The molecule has 1 unspecified atom stereocenters. The fraction of sp³-hybridized carbons (Fsp3) is 0.308. The highest BCUT2D eigenvalue weighted by Gasteiger charge is 2.07. The smallest absolute Gasteiger partial charge is 0.0602 e. The molecule has 90 valence electrons. The number of hydrogen-bond donors (Lipinski definition) is 2. The van der Waals surface area contributed by atoms with E-state index in [1.807, 2.05) is 42.3 Å². The van der Waals surface area contributed by atoms with Gasteiger partial charge in [-0.25, -0.2) is 0 Å². The van der Waals surface area contributed by atoms with E-state index in [0.717, 1.165) is 11.1 Å². The molecule has 1 atom stereocenters. The molecule has 1 aromatic carbocycles. The van der Waals surface area contributed by atoms with Gasteiger partial charge in [-0.05, 0) is 12.6 Å². The Morgan fingerprint density at radius 3 is 2.71 bits per heavy atom. The van der Waals surface area contributed by atoms with Gasteiger partial charge >= 0.3 is 0 Å². The van der Waals surface area contributed by atoms with Crippen LogP contribution in [0.3, 0.4) is 0 Å². The van der Waals surface area contributed by atoms with E-state index in [0.29, 0.717) is 6.54 Å². The summed E-state index contributed by atoms with van der Waals surface area (Å²) in [5, 5.41) is 16.4. The molecule has 0 aliphatic carbocycles. The zero-order valence-corrected chi connectivity index (χ0v) is 9.87. The van der Waals surface area contributed by atoms with Crippen LogP contribution in [0.4, 0.5) is 0 Å². The van der Waals surface area contributed by atoms with Crippen LogP contribution in [0.25, 0.3) is 11.1 Å². The average Bonchev–Trinajstić information content (AvgIpc) is 2.85. The monoisotopic (exact) mass is 231 g/mol. The van der Waals surface area contributed by atoms with E-state index in [2.05, 4.69) is 22.5 Å². The molecule has 1 heterocycles. The molecule has 0 amide bonds. The lowest BCUT2D eigenvalue weighted by Gasteiger charge is -2.12. The highest BCUT2D eigenvalue weighted by Crippen LogP contribution is 2.17. The maximum Gasteiger partial charge on any atom is 0.0602 e. The van der Waals surface area contributed by atoms with Crippen LogP contribution in [0.15, 0.2) is 42.7 Å². The number of aromatic nitrogens is 2. The minimum atomic E-state index is 0.0403. The molecule has 17 heavy (non-hydrogen) atoms. The number of rotatable bonds is 5. The molecule has 4 heteroatoms. The summed E-state index contributed by atoms with van der Waals surface area (Å²) in [7, 11) is 1.84. The van der Waals surface area contributed by atoms with Crippen molar-refractivity contribution >= 4 is 0 Å². The molecule has 0 aliphatic rings. The Balaban J connectivity index is 2.11. The van der Waals surface area contributed by atoms with Crippen molar-refractivity contribution in [1.82, 2.24) is 15.1 Å². The normalized spacial score (nSPS) is 12.6. The lowest BCUT2D eigenvalue weighted by Crippen LogP contribution is -2.33. The lowest BCUT2D eigenvalue weighted by atomic mass is 10.1. The van der Waals surface area contributed by atoms with E-state index in [9.17, 15) is 0 Å². The standard InChI is InChI=1S/C13H17N3O/c1-14-13(10-17)9-16-8-12(7-15-16)11-5-3-2-4-6-11/h2-8,13-14,17H,9-10H2,1H3. The van der Waals surface area contributed by atoms with Crippen LogP contribution in [0, 0.1) is 0 Å². The number of aliphatic hydroxyl groups excluding tert-OH is 1. The fourth-order valence-electron chi connectivity index (χ4n) is 1.71. The minimum Gasteiger partial charge on any atom is -0.395 e. The Hall–Kier alpha value is -1.65. The quantitative estimate of drug-likeness (QED) is 0.811. The van der Waals surface area contributed by atoms with Crippen LogP contribution < -0.4 is 5.32 Å². The van der Waals surface area contributed by atoms with E-state index in [4.69, 9.17) is 5.11 Å². The predicted molar refractivity (Wildman–Crippen MR) is 67.6 cm³/mol. The molecule has 0 spiro atoms. The van der Waals surface area contributed by atoms with Crippen LogP contribution in [0.5, 0.6) is 0 Å². The molecule has 4 nitrogen and oxygen atoms in total. The molecule has 2 aromatic rings. The minimum absolute atomic E-state index is 0.0403. The Morgan fingerprint density at radius 2 is 2.06 bits per heavy atom. The summed E-state index contributed by atoms with van der Waals surface area (Å²) in [6.45, 7) is 0.775. The van der Waals surface area contributed by atoms with Crippen molar-refractivity contribution in [1.29, 1.82) is 0 Å². The summed E-state index contributed by atoms with van der Waals surface area (Å²) in [6.07, 6.45) is 3.84. The number of nitrogens with one attached hydrogen (secondary N) is 1. The highest BCUT2D eigenvalue weighted by molar-refractivity contribution is 5.61. The molecule has 0 fully saturated rings. The van der Waals surface area contributed by atoms with Gasteiger partial charge < -0.3 is 10.4 Å². The van der Waals surface area contributed by atoms with Crippen LogP contribution in [0.1, 0.15) is 0 Å². The van der Waals surface area contributed by atoms with Gasteiger partial charge in [-0.15, -0.1) is 0 Å². The molecule has 1 aromatic heterocycles. The van der Waals surface area contributed by atoms with Crippen molar-refractivity contribution < 1.29 is 5.11 Å². The highest BCUT2D eigenvalue weighted by atomic mass is 16.3. The SMILES string of the molecule is CNC(CO)Cn1cc(-c2ccccc2)cn1. The molecule has 0 saturated heterocycles. The van der Waals surface area contributed by atoms with Gasteiger partial charge in [0, 0.05) is 17.8 Å². The lowest BCUT2D eigenvalue weighted by molar-refractivity contribution is 0.232. The Kier molecular flexibility index (Phi) is 3.90. The average molecular weight is 231 g/mol. The van der Waals surface area contributed by atoms with Crippen LogP contribution in [-0.2, 0) is 6.54 Å². The Bertz CT molecular complexity index is 449. The zero-order chi connectivity index (χ0) is 12.1. The van der Waals surface area contributed by atoms with Gasteiger partial charge in [-0.1, -0.05) is 30.3 Å². The van der Waals surface area contributed by atoms with Gasteiger partial charge in [0.25, 0.3) is 0 Å². The van der Waals surface area contributed by atoms with Crippen LogP contribution in [-0.4, -0.2) is 34.6 Å². The summed E-state index contributed by atoms with van der Waals surface area (Å²) < 4.78 is 1.85. The number of likely N-dealkylation sites (N-methyl/N-ethyl adjacent to an activating group) is 1. The summed E-state index contributed by atoms with van der Waals surface area (Å²) >= 11 is 0. The van der Waals surface area contributed by atoms with E-state index in [-0.39, 0.29) is 12.6 Å². The molecule has 2 N–H and O–H groups in total. The number of nitrogens with zero attached hydrogens (tertiary/aromatic N) is 2. The zero-order valence-electron chi connectivity index (χ0n) is 9.87. The second-order valence-electron chi connectivity index (χ2n) is 3.99. The van der Waals surface area contributed by atoms with Crippen LogP contribution >= 0.6 is 0 Å². The van der Waals surface area contributed by atoms with Crippen molar-refractivity contribution in [2.24, 2.45) is 0 Å². The maximum atomic E-state index is 9.11. The summed E-state index contributed by atoms with van der Waals surface area (Å²) in [4.78, 5) is 0. The largest absolute Gasteiger partial charge is 0.395 e. The Labute approximate surface area is 101 Å². The van der Waals surface area contributed by atoms with E-state index >= 15 is 0 Å². The molecule has 0 radical (unpaired) electrons. The fourth-order valence-corrected chi connectivity index (χ4v) is 1.71. The second kappa shape index (κ2) is 5.61. The van der Waals surface area contributed by atoms with Crippen molar-refractivity contribution in [2.75, 3.05) is 13.7 Å². The molecule has 0 bridgehead atoms. The van der Waals surface area contributed by atoms with E-state index < -0.39 is 0 Å². The van der Waals surface area contributed by atoms with Gasteiger partial charge in [0.15, 0.2) is 0 Å².